The molecule has 1 aliphatic rings. The summed E-state index contributed by atoms with van der Waals surface area (Å²) in [6, 6.07) is 5.64. The van der Waals surface area contributed by atoms with Crippen LogP contribution in [0.1, 0.15) is 17.5 Å². The van der Waals surface area contributed by atoms with Gasteiger partial charge in [0.1, 0.15) is 5.67 Å². The average molecular weight is 214 g/mol. The fraction of sp³-hybridized carbons (Fsp3) is 0.455. The number of aryl methyl sites for hydroxylation is 1. The van der Waals surface area contributed by atoms with Gasteiger partial charge in [-0.05, 0) is 36.1 Å². The van der Waals surface area contributed by atoms with Gasteiger partial charge in [-0.3, -0.25) is 0 Å². The number of halogens is 2. The molecule has 2 rings (SSSR count). The normalized spacial score (nSPS) is 25.9. The van der Waals surface area contributed by atoms with Gasteiger partial charge < -0.3 is 5.73 Å². The second kappa shape index (κ2) is 3.52. The van der Waals surface area contributed by atoms with E-state index >= 15 is 0 Å². The van der Waals surface area contributed by atoms with Crippen LogP contribution in [0.25, 0.3) is 0 Å². The molecular formula is C11H13ClFN. The Balaban J connectivity index is 2.31. The minimum atomic E-state index is -1.21. The lowest BCUT2D eigenvalue weighted by Gasteiger charge is -2.29. The monoisotopic (exact) mass is 213 g/mol. The molecule has 0 amide bonds. The molecule has 0 radical (unpaired) electrons. The minimum absolute atomic E-state index is 0.106. The molecule has 0 spiro atoms. The van der Waals surface area contributed by atoms with E-state index < -0.39 is 5.67 Å². The van der Waals surface area contributed by atoms with Crippen molar-refractivity contribution in [2.75, 3.05) is 6.54 Å². The van der Waals surface area contributed by atoms with Crippen molar-refractivity contribution in [3.8, 4) is 0 Å². The maximum atomic E-state index is 13.9. The summed E-state index contributed by atoms with van der Waals surface area (Å²) in [5.41, 5.74) is 6.43. The van der Waals surface area contributed by atoms with Gasteiger partial charge in [-0.1, -0.05) is 17.7 Å². The van der Waals surface area contributed by atoms with E-state index in [-0.39, 0.29) is 6.54 Å². The molecule has 14 heavy (non-hydrogen) atoms. The first kappa shape index (κ1) is 9.94. The van der Waals surface area contributed by atoms with Crippen molar-refractivity contribution < 1.29 is 4.39 Å². The lowest BCUT2D eigenvalue weighted by atomic mass is 9.82. The summed E-state index contributed by atoms with van der Waals surface area (Å²) >= 11 is 5.86. The molecule has 0 saturated heterocycles. The molecule has 1 nitrogen and oxygen atoms in total. The molecule has 0 saturated carbocycles. The molecule has 0 aliphatic heterocycles. The molecule has 0 bridgehead atoms. The van der Waals surface area contributed by atoms with Gasteiger partial charge in [-0.15, -0.1) is 0 Å². The number of rotatable bonds is 1. The molecule has 1 unspecified atom stereocenters. The van der Waals surface area contributed by atoms with Gasteiger partial charge in [-0.2, -0.15) is 0 Å². The third-order valence-corrected chi connectivity index (χ3v) is 3.12. The summed E-state index contributed by atoms with van der Waals surface area (Å²) in [6.45, 7) is 0.106. The van der Waals surface area contributed by atoms with Crippen LogP contribution in [-0.4, -0.2) is 12.2 Å². The van der Waals surface area contributed by atoms with E-state index in [0.29, 0.717) is 12.8 Å². The Labute approximate surface area is 88.1 Å². The maximum Gasteiger partial charge on any atom is 0.127 e. The number of benzene rings is 1. The number of alkyl halides is 1. The molecule has 1 aliphatic carbocycles. The Bertz CT molecular complexity index is 353. The van der Waals surface area contributed by atoms with Gasteiger partial charge >= 0.3 is 0 Å². The molecule has 1 atom stereocenters. The molecule has 76 valence electrons. The van der Waals surface area contributed by atoms with Crippen LogP contribution in [-0.2, 0) is 12.8 Å². The van der Waals surface area contributed by atoms with Crippen LogP contribution in [0, 0.1) is 0 Å². The molecule has 0 aromatic heterocycles. The number of hydrogen-bond donors (Lipinski definition) is 1. The Kier molecular flexibility index (Phi) is 2.50. The predicted molar refractivity (Wildman–Crippen MR) is 56.4 cm³/mol. The van der Waals surface area contributed by atoms with Gasteiger partial charge in [0.15, 0.2) is 0 Å². The third kappa shape index (κ3) is 1.77. The Morgan fingerprint density at radius 2 is 2.21 bits per heavy atom. The average Bonchev–Trinajstić information content (AvgIpc) is 2.19. The van der Waals surface area contributed by atoms with Gasteiger partial charge in [0.05, 0.1) is 0 Å². The summed E-state index contributed by atoms with van der Waals surface area (Å²) in [7, 11) is 0. The van der Waals surface area contributed by atoms with E-state index in [1.807, 2.05) is 18.2 Å². The summed E-state index contributed by atoms with van der Waals surface area (Å²) in [4.78, 5) is 0. The molecule has 1 aromatic rings. The van der Waals surface area contributed by atoms with Crippen LogP contribution in [0.5, 0.6) is 0 Å². The van der Waals surface area contributed by atoms with Gasteiger partial charge in [-0.25, -0.2) is 4.39 Å². The highest BCUT2D eigenvalue weighted by Gasteiger charge is 2.32. The Morgan fingerprint density at radius 3 is 2.93 bits per heavy atom. The van der Waals surface area contributed by atoms with Crippen molar-refractivity contribution in [1.29, 1.82) is 0 Å². The number of fused-ring (bicyclic) bond motifs is 1. The number of hydrogen-bond acceptors (Lipinski definition) is 1. The fourth-order valence-electron chi connectivity index (χ4n) is 1.96. The molecule has 0 fully saturated rings. The SMILES string of the molecule is NCC1(F)CCc2cc(Cl)ccc2C1. The predicted octanol–water partition coefficient (Wildman–Crippen LogP) is 2.50. The van der Waals surface area contributed by atoms with Gasteiger partial charge in [0.2, 0.25) is 0 Å². The first-order valence-electron chi connectivity index (χ1n) is 4.79. The second-order valence-electron chi connectivity index (χ2n) is 3.94. The van der Waals surface area contributed by atoms with E-state index in [0.717, 1.165) is 17.0 Å². The van der Waals surface area contributed by atoms with E-state index in [2.05, 4.69) is 0 Å². The molecule has 1 aromatic carbocycles. The lowest BCUT2D eigenvalue weighted by Crippen LogP contribution is -2.38. The van der Waals surface area contributed by atoms with Crippen molar-refractivity contribution in [2.45, 2.75) is 24.9 Å². The van der Waals surface area contributed by atoms with Crippen molar-refractivity contribution in [3.05, 3.63) is 34.3 Å². The highest BCUT2D eigenvalue weighted by atomic mass is 35.5. The third-order valence-electron chi connectivity index (χ3n) is 2.88. The van der Waals surface area contributed by atoms with Crippen LogP contribution in [0.4, 0.5) is 4.39 Å². The fourth-order valence-corrected chi connectivity index (χ4v) is 2.16. The highest BCUT2D eigenvalue weighted by molar-refractivity contribution is 6.30. The molecule has 3 heteroatoms. The Hall–Kier alpha value is -0.600. The zero-order chi connectivity index (χ0) is 10.2. The van der Waals surface area contributed by atoms with E-state index in [4.69, 9.17) is 17.3 Å². The first-order valence-corrected chi connectivity index (χ1v) is 5.17. The van der Waals surface area contributed by atoms with Crippen molar-refractivity contribution in [2.24, 2.45) is 5.73 Å². The van der Waals surface area contributed by atoms with Crippen molar-refractivity contribution >= 4 is 11.6 Å². The summed E-state index contributed by atoms with van der Waals surface area (Å²) in [5.74, 6) is 0. The zero-order valence-corrected chi connectivity index (χ0v) is 8.65. The topological polar surface area (TPSA) is 26.0 Å². The summed E-state index contributed by atoms with van der Waals surface area (Å²) in [5, 5.41) is 0.725. The zero-order valence-electron chi connectivity index (χ0n) is 7.89. The van der Waals surface area contributed by atoms with Crippen molar-refractivity contribution in [3.63, 3.8) is 0 Å². The second-order valence-corrected chi connectivity index (χ2v) is 4.38. The largest absolute Gasteiger partial charge is 0.328 e. The summed E-state index contributed by atoms with van der Waals surface area (Å²) in [6.07, 6.45) is 1.68. The number of nitrogens with two attached hydrogens (primary N) is 1. The van der Waals surface area contributed by atoms with Crippen LogP contribution in [0.15, 0.2) is 18.2 Å². The van der Waals surface area contributed by atoms with E-state index in [1.54, 1.807) is 0 Å². The molecular weight excluding hydrogens is 201 g/mol. The van der Waals surface area contributed by atoms with E-state index in [1.165, 1.54) is 5.56 Å². The molecule has 0 heterocycles. The van der Waals surface area contributed by atoms with Gasteiger partial charge in [0.25, 0.3) is 0 Å². The molecule has 2 N–H and O–H groups in total. The van der Waals surface area contributed by atoms with Crippen LogP contribution < -0.4 is 5.73 Å². The Morgan fingerprint density at radius 1 is 1.43 bits per heavy atom. The van der Waals surface area contributed by atoms with Crippen LogP contribution in [0.3, 0.4) is 0 Å². The van der Waals surface area contributed by atoms with Crippen LogP contribution in [0.2, 0.25) is 5.02 Å². The minimum Gasteiger partial charge on any atom is -0.328 e. The van der Waals surface area contributed by atoms with Crippen molar-refractivity contribution in [1.82, 2.24) is 0 Å². The lowest BCUT2D eigenvalue weighted by molar-refractivity contribution is 0.151. The quantitative estimate of drug-likeness (QED) is 0.762. The highest BCUT2D eigenvalue weighted by Crippen LogP contribution is 2.32. The standard InChI is InChI=1S/C11H13ClFN/c12-10-2-1-9-6-11(13,7-14)4-3-8(9)5-10/h1-2,5H,3-4,6-7,14H2. The van der Waals surface area contributed by atoms with Gasteiger partial charge in [0, 0.05) is 18.0 Å². The van der Waals surface area contributed by atoms with E-state index in [9.17, 15) is 4.39 Å². The first-order chi connectivity index (χ1) is 6.63. The van der Waals surface area contributed by atoms with Crippen LogP contribution >= 0.6 is 11.6 Å². The maximum absolute atomic E-state index is 13.9. The summed E-state index contributed by atoms with van der Waals surface area (Å²) < 4.78 is 13.9. The smallest absolute Gasteiger partial charge is 0.127 e.